The minimum atomic E-state index is 0.688. The van der Waals surface area contributed by atoms with Gasteiger partial charge in [-0.15, -0.1) is 12.6 Å². The first-order valence-corrected chi connectivity index (χ1v) is 3.33. The molecule has 0 aliphatic rings. The Bertz CT molecular complexity index is 224. The number of hydrogen-bond donors (Lipinski definition) is 2. The minimum Gasteiger partial charge on any atom is -0.324 e. The highest BCUT2D eigenvalue weighted by Crippen LogP contribution is 2.19. The average Bonchev–Trinajstić information content (AvgIpc) is 1.80. The molecule has 0 aromatic heterocycles. The molecule has 3 heteroatoms. The molecule has 1 aromatic carbocycles. The lowest BCUT2D eigenvalue weighted by Crippen LogP contribution is -2.40. The summed E-state index contributed by atoms with van der Waals surface area (Å²) in [6.45, 7) is 0. The van der Waals surface area contributed by atoms with E-state index >= 15 is 0 Å². The first-order valence-electron chi connectivity index (χ1n) is 2.50. The fraction of sp³-hybridized carbons (Fsp3) is 0. The van der Waals surface area contributed by atoms with Crippen molar-refractivity contribution in [3.63, 3.8) is 0 Å². The third-order valence-electron chi connectivity index (χ3n) is 1.03. The fourth-order valence-corrected chi connectivity index (χ4v) is 0.909. The maximum Gasteiger partial charge on any atom is 0.147 e. The zero-order chi connectivity index (χ0) is 6.85. The molecule has 0 saturated carbocycles. The quantitative estimate of drug-likeness (QED) is 0.539. The van der Waals surface area contributed by atoms with Gasteiger partial charge in [0.25, 0.3) is 0 Å². The van der Waals surface area contributed by atoms with Gasteiger partial charge in [0, 0.05) is 11.0 Å². The first kappa shape index (κ1) is 6.93. The Morgan fingerprint density at radius 1 is 1.44 bits per heavy atom. The van der Waals surface area contributed by atoms with Crippen LogP contribution in [-0.2, 0) is 0 Å². The van der Waals surface area contributed by atoms with Crippen molar-refractivity contribution in [1.82, 2.24) is 0 Å². The van der Waals surface area contributed by atoms with Gasteiger partial charge in [-0.2, -0.15) is 0 Å². The van der Waals surface area contributed by atoms with Crippen molar-refractivity contribution in [3.05, 3.63) is 23.2 Å². The third kappa shape index (κ3) is 1.61. The summed E-state index contributed by atoms with van der Waals surface area (Å²) >= 11 is 9.79. The van der Waals surface area contributed by atoms with Crippen molar-refractivity contribution in [2.24, 2.45) is 0 Å². The topological polar surface area (TPSA) is 27.6 Å². The number of halogens is 1. The average molecular weight is 161 g/mol. The molecular formula is C6H7ClNS+. The second-order valence-corrected chi connectivity index (χ2v) is 2.70. The number of thiol groups is 1. The van der Waals surface area contributed by atoms with Crippen molar-refractivity contribution in [2.45, 2.75) is 4.90 Å². The monoisotopic (exact) mass is 160 g/mol. The summed E-state index contributed by atoms with van der Waals surface area (Å²) in [6, 6.07) is 5.44. The van der Waals surface area contributed by atoms with Gasteiger partial charge >= 0.3 is 0 Å². The molecule has 48 valence electrons. The van der Waals surface area contributed by atoms with Crippen LogP contribution in [0.15, 0.2) is 23.1 Å². The van der Waals surface area contributed by atoms with Crippen LogP contribution in [-0.4, -0.2) is 0 Å². The summed E-state index contributed by atoms with van der Waals surface area (Å²) < 4.78 is 0. The Labute approximate surface area is 64.2 Å². The van der Waals surface area contributed by atoms with Crippen LogP contribution in [0.25, 0.3) is 0 Å². The molecule has 0 bridgehead atoms. The number of rotatable bonds is 0. The van der Waals surface area contributed by atoms with E-state index in [1.165, 1.54) is 0 Å². The van der Waals surface area contributed by atoms with Crippen LogP contribution in [0.2, 0.25) is 5.02 Å². The number of benzene rings is 1. The van der Waals surface area contributed by atoms with Gasteiger partial charge in [0.2, 0.25) is 0 Å². The molecule has 0 spiro atoms. The smallest absolute Gasteiger partial charge is 0.147 e. The Morgan fingerprint density at radius 2 is 2.11 bits per heavy atom. The van der Waals surface area contributed by atoms with E-state index < -0.39 is 0 Å². The van der Waals surface area contributed by atoms with Gasteiger partial charge in [-0.05, 0) is 12.1 Å². The van der Waals surface area contributed by atoms with Crippen LogP contribution >= 0.6 is 24.2 Å². The van der Waals surface area contributed by atoms with Gasteiger partial charge in [0.1, 0.15) is 10.7 Å². The predicted octanol–water partition coefficient (Wildman–Crippen LogP) is 1.50. The van der Waals surface area contributed by atoms with Crippen molar-refractivity contribution >= 4 is 29.9 Å². The van der Waals surface area contributed by atoms with Crippen LogP contribution in [0.3, 0.4) is 0 Å². The molecule has 1 nitrogen and oxygen atoms in total. The summed E-state index contributed by atoms with van der Waals surface area (Å²) in [5, 5.41) is 0.688. The lowest BCUT2D eigenvalue weighted by molar-refractivity contribution is -0.254. The molecule has 9 heavy (non-hydrogen) atoms. The van der Waals surface area contributed by atoms with Gasteiger partial charge in [0.05, 0.1) is 0 Å². The van der Waals surface area contributed by atoms with Gasteiger partial charge in [-0.1, -0.05) is 11.6 Å². The fourth-order valence-electron chi connectivity index (χ4n) is 0.561. The van der Waals surface area contributed by atoms with Crippen LogP contribution in [0.5, 0.6) is 0 Å². The van der Waals surface area contributed by atoms with E-state index in [0.29, 0.717) is 5.02 Å². The maximum absolute atomic E-state index is 5.68. The zero-order valence-electron chi connectivity index (χ0n) is 4.76. The van der Waals surface area contributed by atoms with Crippen LogP contribution in [0, 0.1) is 0 Å². The Morgan fingerprint density at radius 3 is 2.56 bits per heavy atom. The zero-order valence-corrected chi connectivity index (χ0v) is 6.41. The second kappa shape index (κ2) is 2.60. The largest absolute Gasteiger partial charge is 0.324 e. The highest BCUT2D eigenvalue weighted by Gasteiger charge is 1.96. The molecular weight excluding hydrogens is 154 g/mol. The molecule has 0 amide bonds. The standard InChI is InChI=1S/C6H6ClNS/c7-5-2-1-4(9)3-6(5)8/h1-3,9H,8H2/p+1. The van der Waals surface area contributed by atoms with Gasteiger partial charge in [0.15, 0.2) is 0 Å². The lowest BCUT2D eigenvalue weighted by atomic mass is 10.3. The summed E-state index contributed by atoms with van der Waals surface area (Å²) in [4.78, 5) is 0.893. The van der Waals surface area contributed by atoms with E-state index in [1.807, 2.05) is 12.1 Å². The Kier molecular flexibility index (Phi) is 2.01. The van der Waals surface area contributed by atoms with Gasteiger partial charge in [-0.25, -0.2) is 0 Å². The molecule has 1 rings (SSSR count). The minimum absolute atomic E-state index is 0.688. The molecule has 0 aliphatic carbocycles. The van der Waals surface area contributed by atoms with Crippen molar-refractivity contribution in [3.8, 4) is 0 Å². The highest BCUT2D eigenvalue weighted by molar-refractivity contribution is 7.80. The maximum atomic E-state index is 5.68. The van der Waals surface area contributed by atoms with Crippen LogP contribution < -0.4 is 5.73 Å². The van der Waals surface area contributed by atoms with Crippen molar-refractivity contribution in [1.29, 1.82) is 0 Å². The van der Waals surface area contributed by atoms with Gasteiger partial charge in [-0.3, -0.25) is 0 Å². The van der Waals surface area contributed by atoms with E-state index in [0.717, 1.165) is 10.6 Å². The highest BCUT2D eigenvalue weighted by atomic mass is 35.5. The lowest BCUT2D eigenvalue weighted by Gasteiger charge is -1.92. The molecule has 0 radical (unpaired) electrons. The molecule has 1 aromatic rings. The molecule has 3 N–H and O–H groups in total. The predicted molar refractivity (Wildman–Crippen MR) is 41.3 cm³/mol. The molecule has 0 aliphatic heterocycles. The molecule has 0 atom stereocenters. The van der Waals surface area contributed by atoms with E-state index in [-0.39, 0.29) is 0 Å². The molecule has 0 unspecified atom stereocenters. The van der Waals surface area contributed by atoms with Crippen LogP contribution in [0.1, 0.15) is 0 Å². The Balaban J connectivity index is 3.17. The third-order valence-corrected chi connectivity index (χ3v) is 1.68. The van der Waals surface area contributed by atoms with Crippen molar-refractivity contribution in [2.75, 3.05) is 0 Å². The second-order valence-electron chi connectivity index (χ2n) is 1.78. The van der Waals surface area contributed by atoms with Gasteiger partial charge < -0.3 is 5.73 Å². The first-order chi connectivity index (χ1) is 4.20. The van der Waals surface area contributed by atoms with Crippen molar-refractivity contribution < 1.29 is 5.73 Å². The number of quaternary nitrogens is 1. The van der Waals surface area contributed by atoms with E-state index in [2.05, 4.69) is 18.4 Å². The molecule has 0 saturated heterocycles. The number of hydrogen-bond acceptors (Lipinski definition) is 1. The van der Waals surface area contributed by atoms with E-state index in [1.54, 1.807) is 6.07 Å². The SMILES string of the molecule is [NH3+]c1cc(S)ccc1Cl. The molecule has 0 heterocycles. The van der Waals surface area contributed by atoms with Crippen LogP contribution in [0.4, 0.5) is 5.69 Å². The van der Waals surface area contributed by atoms with E-state index in [4.69, 9.17) is 11.6 Å². The summed E-state index contributed by atoms with van der Waals surface area (Å²) in [6.07, 6.45) is 0. The summed E-state index contributed by atoms with van der Waals surface area (Å²) in [5.41, 5.74) is 4.52. The van der Waals surface area contributed by atoms with E-state index in [9.17, 15) is 0 Å². The molecule has 0 fully saturated rings. The summed E-state index contributed by atoms with van der Waals surface area (Å²) in [7, 11) is 0. The summed E-state index contributed by atoms with van der Waals surface area (Å²) in [5.74, 6) is 0. The normalized spacial score (nSPS) is 9.67. The Hall–Kier alpha value is -0.180.